The first-order chi connectivity index (χ1) is 9.22. The van der Waals surface area contributed by atoms with Crippen molar-refractivity contribution in [1.82, 2.24) is 19.6 Å². The molecule has 2 aromatic heterocycles. The summed E-state index contributed by atoms with van der Waals surface area (Å²) in [6.45, 7) is 0. The normalized spacial score (nSPS) is 10.9. The van der Waals surface area contributed by atoms with Gasteiger partial charge in [0.15, 0.2) is 5.82 Å². The number of fused-ring (bicyclic) bond motifs is 1. The van der Waals surface area contributed by atoms with E-state index in [0.29, 0.717) is 12.2 Å². The molecule has 3 rings (SSSR count). The van der Waals surface area contributed by atoms with Gasteiger partial charge < -0.3 is 5.11 Å². The maximum absolute atomic E-state index is 10.5. The molecule has 0 atom stereocenters. The molecule has 0 radical (unpaired) electrons. The Morgan fingerprint density at radius 1 is 1.26 bits per heavy atom. The van der Waals surface area contributed by atoms with Crippen LogP contribution in [0.25, 0.3) is 17.2 Å². The molecule has 0 saturated heterocycles. The predicted molar refractivity (Wildman–Crippen MR) is 68.7 cm³/mol. The number of carboxylic acids is 1. The Morgan fingerprint density at radius 2 is 2.05 bits per heavy atom. The van der Waals surface area contributed by atoms with Crippen LogP contribution in [0.1, 0.15) is 12.1 Å². The van der Waals surface area contributed by atoms with Gasteiger partial charge in [-0.2, -0.15) is 4.98 Å². The van der Waals surface area contributed by atoms with E-state index in [9.17, 15) is 4.79 Å². The fourth-order valence-corrected chi connectivity index (χ4v) is 1.90. The van der Waals surface area contributed by atoms with E-state index in [1.165, 1.54) is 0 Å². The second kappa shape index (κ2) is 4.56. The van der Waals surface area contributed by atoms with E-state index in [-0.39, 0.29) is 6.42 Å². The largest absolute Gasteiger partial charge is 0.481 e. The van der Waals surface area contributed by atoms with E-state index in [1.54, 1.807) is 10.7 Å². The Hall–Kier alpha value is -2.63. The minimum Gasteiger partial charge on any atom is -0.481 e. The molecule has 6 heteroatoms. The summed E-state index contributed by atoms with van der Waals surface area (Å²) in [6, 6.07) is 9.76. The van der Waals surface area contributed by atoms with Crippen molar-refractivity contribution < 1.29 is 9.90 Å². The molecule has 0 bridgehead atoms. The summed E-state index contributed by atoms with van der Waals surface area (Å²) in [5.41, 5.74) is 1.71. The van der Waals surface area contributed by atoms with Crippen molar-refractivity contribution in [2.24, 2.45) is 0 Å². The molecule has 3 aromatic rings. The van der Waals surface area contributed by atoms with Gasteiger partial charge >= 0.3 is 5.97 Å². The molecule has 2 N–H and O–H groups in total. The number of carboxylic acid groups (broad SMARTS) is 1. The minimum atomic E-state index is -0.824. The van der Waals surface area contributed by atoms with Crippen LogP contribution in [0.4, 0.5) is 0 Å². The van der Waals surface area contributed by atoms with Gasteiger partial charge in [0.2, 0.25) is 0 Å². The van der Waals surface area contributed by atoms with Gasteiger partial charge in [0.25, 0.3) is 5.78 Å². The number of carbonyl (C=O) groups is 1. The summed E-state index contributed by atoms with van der Waals surface area (Å²) >= 11 is 0. The number of nitrogens with one attached hydrogen (secondary N) is 1. The minimum absolute atomic E-state index is 0.0751. The third kappa shape index (κ3) is 2.33. The number of aryl methyl sites for hydroxylation is 1. The smallest absolute Gasteiger partial charge is 0.303 e. The van der Waals surface area contributed by atoms with Crippen LogP contribution in [0.15, 0.2) is 36.5 Å². The van der Waals surface area contributed by atoms with E-state index in [4.69, 9.17) is 5.11 Å². The van der Waals surface area contributed by atoms with Crippen molar-refractivity contribution in [1.29, 1.82) is 0 Å². The fourth-order valence-electron chi connectivity index (χ4n) is 1.90. The highest BCUT2D eigenvalue weighted by Gasteiger charge is 2.09. The topological polar surface area (TPSA) is 83.3 Å². The SMILES string of the molecule is O=C(O)CCc1cn2[nH]c(-c3ccccc3)nc2n1. The predicted octanol–water partition coefficient (Wildman–Crippen LogP) is 1.74. The van der Waals surface area contributed by atoms with Gasteiger partial charge in [-0.25, -0.2) is 9.50 Å². The van der Waals surface area contributed by atoms with Gasteiger partial charge in [-0.15, -0.1) is 0 Å². The van der Waals surface area contributed by atoms with E-state index in [0.717, 1.165) is 17.1 Å². The summed E-state index contributed by atoms with van der Waals surface area (Å²) in [5.74, 6) is 0.474. The van der Waals surface area contributed by atoms with Crippen molar-refractivity contribution >= 4 is 11.7 Å². The van der Waals surface area contributed by atoms with Crippen LogP contribution in [0.3, 0.4) is 0 Å². The molecule has 0 unspecified atom stereocenters. The fraction of sp³-hybridized carbons (Fsp3) is 0.154. The van der Waals surface area contributed by atoms with Crippen LogP contribution < -0.4 is 0 Å². The monoisotopic (exact) mass is 256 g/mol. The van der Waals surface area contributed by atoms with Gasteiger partial charge in [0.1, 0.15) is 0 Å². The second-order valence-corrected chi connectivity index (χ2v) is 4.23. The molecule has 1 aromatic carbocycles. The maximum Gasteiger partial charge on any atom is 0.303 e. The summed E-state index contributed by atoms with van der Waals surface area (Å²) in [6.07, 6.45) is 2.26. The standard InChI is InChI=1S/C13H12N4O2/c18-11(19)7-6-10-8-17-13(14-10)15-12(16-17)9-4-2-1-3-5-9/h1-5,8H,6-7H2,(H,18,19)(H,14,15,16). The molecule has 0 aliphatic heterocycles. The maximum atomic E-state index is 10.5. The Balaban J connectivity index is 1.87. The third-order valence-electron chi connectivity index (χ3n) is 2.82. The molecule has 0 amide bonds. The number of aromatic nitrogens is 4. The number of hydrogen-bond donors (Lipinski definition) is 2. The lowest BCUT2D eigenvalue weighted by atomic mass is 10.2. The third-order valence-corrected chi connectivity index (χ3v) is 2.82. The molecule has 0 fully saturated rings. The molecule has 0 aliphatic rings. The highest BCUT2D eigenvalue weighted by molar-refractivity contribution is 5.67. The van der Waals surface area contributed by atoms with Gasteiger partial charge in [-0.1, -0.05) is 30.3 Å². The summed E-state index contributed by atoms with van der Waals surface area (Å²) in [5, 5.41) is 11.8. The number of H-pyrrole nitrogens is 1. The first-order valence-electron chi connectivity index (χ1n) is 5.93. The van der Waals surface area contributed by atoms with E-state index in [2.05, 4.69) is 15.1 Å². The molecular formula is C13H12N4O2. The van der Waals surface area contributed by atoms with Crippen molar-refractivity contribution in [3.63, 3.8) is 0 Å². The number of nitrogens with zero attached hydrogens (tertiary/aromatic N) is 3. The van der Waals surface area contributed by atoms with Gasteiger partial charge in [-0.05, 0) is 0 Å². The van der Waals surface area contributed by atoms with E-state index in [1.807, 2.05) is 30.3 Å². The molecule has 19 heavy (non-hydrogen) atoms. The Kier molecular flexibility index (Phi) is 2.75. The van der Waals surface area contributed by atoms with Gasteiger partial charge in [-0.3, -0.25) is 9.89 Å². The zero-order valence-corrected chi connectivity index (χ0v) is 10.1. The molecule has 0 saturated carbocycles. The lowest BCUT2D eigenvalue weighted by molar-refractivity contribution is -0.136. The van der Waals surface area contributed by atoms with E-state index < -0.39 is 5.97 Å². The molecule has 6 nitrogen and oxygen atoms in total. The quantitative estimate of drug-likeness (QED) is 0.744. The van der Waals surface area contributed by atoms with E-state index >= 15 is 0 Å². The zero-order chi connectivity index (χ0) is 13.2. The summed E-state index contributed by atoms with van der Waals surface area (Å²) in [7, 11) is 0. The molecule has 0 spiro atoms. The number of rotatable bonds is 4. The second-order valence-electron chi connectivity index (χ2n) is 4.23. The van der Waals surface area contributed by atoms with Crippen LogP contribution in [0, 0.1) is 0 Å². The Morgan fingerprint density at radius 3 is 2.74 bits per heavy atom. The molecular weight excluding hydrogens is 244 g/mol. The van der Waals surface area contributed by atoms with Crippen molar-refractivity contribution in [3.05, 3.63) is 42.2 Å². The highest BCUT2D eigenvalue weighted by Crippen LogP contribution is 2.15. The lowest BCUT2D eigenvalue weighted by Crippen LogP contribution is -1.97. The summed E-state index contributed by atoms with van der Waals surface area (Å²) in [4.78, 5) is 19.2. The van der Waals surface area contributed by atoms with Gasteiger partial charge in [0.05, 0.1) is 18.3 Å². The van der Waals surface area contributed by atoms with Crippen LogP contribution >= 0.6 is 0 Å². The average Bonchev–Trinajstić information content (AvgIpc) is 2.95. The average molecular weight is 256 g/mol. The Labute approximate surface area is 108 Å². The zero-order valence-electron chi connectivity index (χ0n) is 10.1. The number of benzene rings is 1. The molecule has 0 aliphatic carbocycles. The number of imidazole rings is 1. The lowest BCUT2D eigenvalue weighted by Gasteiger charge is -1.94. The number of aliphatic carboxylic acids is 1. The van der Waals surface area contributed by atoms with Crippen molar-refractivity contribution in [3.8, 4) is 11.4 Å². The van der Waals surface area contributed by atoms with Crippen LogP contribution in [-0.2, 0) is 11.2 Å². The van der Waals surface area contributed by atoms with Crippen LogP contribution in [0.5, 0.6) is 0 Å². The van der Waals surface area contributed by atoms with Crippen molar-refractivity contribution in [2.75, 3.05) is 0 Å². The Bertz CT molecular complexity index is 683. The first-order valence-corrected chi connectivity index (χ1v) is 5.93. The number of aromatic amines is 1. The van der Waals surface area contributed by atoms with Crippen molar-refractivity contribution in [2.45, 2.75) is 12.8 Å². The number of hydrogen-bond acceptors (Lipinski definition) is 3. The van der Waals surface area contributed by atoms with Crippen LogP contribution in [-0.4, -0.2) is 30.7 Å². The summed E-state index contributed by atoms with van der Waals surface area (Å²) < 4.78 is 1.71. The highest BCUT2D eigenvalue weighted by atomic mass is 16.4. The van der Waals surface area contributed by atoms with Crippen LogP contribution in [0.2, 0.25) is 0 Å². The van der Waals surface area contributed by atoms with Gasteiger partial charge in [0, 0.05) is 12.0 Å². The molecule has 2 heterocycles. The molecule has 96 valence electrons. The first kappa shape index (κ1) is 11.5.